The number of hydrogen-bond donors (Lipinski definition) is 1. The van der Waals surface area contributed by atoms with Crippen LogP contribution in [0.1, 0.15) is 0 Å². The van der Waals surface area contributed by atoms with Crippen LogP contribution in [0.4, 0.5) is 0 Å². The van der Waals surface area contributed by atoms with Gasteiger partial charge in [-0.1, -0.05) is 0 Å². The Kier molecular flexibility index (Phi) is 5.60. The van der Waals surface area contributed by atoms with Crippen molar-refractivity contribution in [3.63, 3.8) is 0 Å². The maximum atomic E-state index is 9.92. The number of aliphatic hydroxyl groups excluding tert-OH is 1. The molecule has 0 spiro atoms. The molecule has 0 radical (unpaired) electrons. The monoisotopic (exact) mass is 236 g/mol. The number of aliphatic hydroxyl groups is 1. The molecule has 1 heterocycles. The maximum absolute atomic E-state index is 9.92. The molecular weight excluding hydrogens is 216 g/mol. The van der Waals surface area contributed by atoms with E-state index in [1.54, 1.807) is 14.2 Å². The van der Waals surface area contributed by atoms with Crippen molar-refractivity contribution < 1.29 is 28.8 Å². The van der Waals surface area contributed by atoms with Crippen LogP contribution in [0, 0.1) is 0 Å². The molecule has 5 atom stereocenters. The first-order valence-corrected chi connectivity index (χ1v) is 5.10. The summed E-state index contributed by atoms with van der Waals surface area (Å²) in [5, 5.41) is 9.92. The van der Waals surface area contributed by atoms with Crippen LogP contribution in [0.5, 0.6) is 0 Å². The van der Waals surface area contributed by atoms with Crippen LogP contribution in [0.25, 0.3) is 0 Å². The minimum atomic E-state index is -0.881. The van der Waals surface area contributed by atoms with Crippen LogP contribution in [-0.2, 0) is 23.7 Å². The van der Waals surface area contributed by atoms with Gasteiger partial charge in [-0.15, -0.1) is 0 Å². The second kappa shape index (κ2) is 6.48. The minimum absolute atomic E-state index is 0.326. The van der Waals surface area contributed by atoms with Gasteiger partial charge in [0, 0.05) is 28.4 Å². The van der Waals surface area contributed by atoms with Gasteiger partial charge >= 0.3 is 0 Å². The van der Waals surface area contributed by atoms with Crippen LogP contribution in [0.15, 0.2) is 0 Å². The van der Waals surface area contributed by atoms with Crippen LogP contribution in [0.2, 0.25) is 0 Å². The predicted octanol–water partition coefficient (Wildman–Crippen LogP) is -0.605. The fraction of sp³-hybridized carbons (Fsp3) is 1.00. The fourth-order valence-electron chi connectivity index (χ4n) is 1.94. The van der Waals surface area contributed by atoms with E-state index in [1.165, 1.54) is 14.2 Å². The van der Waals surface area contributed by atoms with E-state index in [2.05, 4.69) is 0 Å². The Morgan fingerprint density at radius 2 is 1.62 bits per heavy atom. The van der Waals surface area contributed by atoms with Crippen molar-refractivity contribution in [3.05, 3.63) is 0 Å². The lowest BCUT2D eigenvalue weighted by molar-refractivity contribution is -0.302. The highest BCUT2D eigenvalue weighted by molar-refractivity contribution is 4.91. The Bertz CT molecular complexity index is 196. The molecule has 0 saturated carbocycles. The number of hydrogen-bond acceptors (Lipinski definition) is 6. The van der Waals surface area contributed by atoms with Crippen LogP contribution >= 0.6 is 0 Å². The summed E-state index contributed by atoms with van der Waals surface area (Å²) >= 11 is 0. The Morgan fingerprint density at radius 1 is 1.00 bits per heavy atom. The van der Waals surface area contributed by atoms with Crippen LogP contribution in [0.3, 0.4) is 0 Å². The molecule has 96 valence electrons. The summed E-state index contributed by atoms with van der Waals surface area (Å²) in [6, 6.07) is 0. The van der Waals surface area contributed by atoms with Crippen molar-refractivity contribution in [3.8, 4) is 0 Å². The summed E-state index contributed by atoms with van der Waals surface area (Å²) in [4.78, 5) is 0. The number of methoxy groups -OCH3 is 4. The lowest BCUT2D eigenvalue weighted by Gasteiger charge is -2.42. The lowest BCUT2D eigenvalue weighted by atomic mass is 9.99. The summed E-state index contributed by atoms with van der Waals surface area (Å²) in [6.45, 7) is 0.352. The number of rotatable bonds is 5. The van der Waals surface area contributed by atoms with E-state index >= 15 is 0 Å². The van der Waals surface area contributed by atoms with Gasteiger partial charge in [-0.25, -0.2) is 0 Å². The molecule has 0 aromatic heterocycles. The Morgan fingerprint density at radius 3 is 2.06 bits per heavy atom. The zero-order chi connectivity index (χ0) is 12.1. The molecule has 0 amide bonds. The summed E-state index contributed by atoms with van der Waals surface area (Å²) < 4.78 is 26.1. The first-order chi connectivity index (χ1) is 7.69. The van der Waals surface area contributed by atoms with Gasteiger partial charge in [-0.2, -0.15) is 0 Å². The third-order valence-electron chi connectivity index (χ3n) is 2.72. The molecule has 1 rings (SSSR count). The number of ether oxygens (including phenoxy) is 5. The zero-order valence-electron chi connectivity index (χ0n) is 10.1. The highest BCUT2D eigenvalue weighted by Gasteiger charge is 2.46. The van der Waals surface area contributed by atoms with Gasteiger partial charge in [0.15, 0.2) is 6.29 Å². The summed E-state index contributed by atoms with van der Waals surface area (Å²) in [5.74, 6) is 0. The van der Waals surface area contributed by atoms with Crippen molar-refractivity contribution in [1.29, 1.82) is 0 Å². The molecule has 1 aliphatic rings. The molecule has 1 saturated heterocycles. The molecule has 6 nitrogen and oxygen atoms in total. The van der Waals surface area contributed by atoms with Gasteiger partial charge in [0.25, 0.3) is 0 Å². The maximum Gasteiger partial charge on any atom is 0.186 e. The highest BCUT2D eigenvalue weighted by atomic mass is 16.7. The first-order valence-electron chi connectivity index (χ1n) is 5.10. The van der Waals surface area contributed by atoms with Gasteiger partial charge in [0.05, 0.1) is 6.61 Å². The normalized spacial score (nSPS) is 39.9. The van der Waals surface area contributed by atoms with Crippen molar-refractivity contribution >= 4 is 0 Å². The van der Waals surface area contributed by atoms with Crippen molar-refractivity contribution in [1.82, 2.24) is 0 Å². The van der Waals surface area contributed by atoms with Crippen molar-refractivity contribution in [2.45, 2.75) is 30.7 Å². The summed E-state index contributed by atoms with van der Waals surface area (Å²) in [6.07, 6.45) is -2.81. The second-order valence-corrected chi connectivity index (χ2v) is 3.63. The van der Waals surface area contributed by atoms with Gasteiger partial charge in [0.1, 0.15) is 24.4 Å². The van der Waals surface area contributed by atoms with Gasteiger partial charge in [-0.05, 0) is 0 Å². The minimum Gasteiger partial charge on any atom is -0.385 e. The second-order valence-electron chi connectivity index (χ2n) is 3.63. The molecule has 0 aromatic carbocycles. The van der Waals surface area contributed by atoms with E-state index in [4.69, 9.17) is 23.7 Å². The Balaban J connectivity index is 2.77. The molecule has 6 heteroatoms. The topological polar surface area (TPSA) is 66.4 Å². The summed E-state index contributed by atoms with van der Waals surface area (Å²) in [5.41, 5.74) is 0. The molecule has 1 fully saturated rings. The SMILES string of the molecule is COC[C@H]1O[C@@H](OC)[C@H](O)[C@@H](OC)[C@H]1OC. The largest absolute Gasteiger partial charge is 0.385 e. The van der Waals surface area contributed by atoms with E-state index in [0.717, 1.165) is 0 Å². The molecule has 1 N–H and O–H groups in total. The van der Waals surface area contributed by atoms with E-state index in [0.29, 0.717) is 6.61 Å². The van der Waals surface area contributed by atoms with E-state index in [9.17, 15) is 5.11 Å². The zero-order valence-corrected chi connectivity index (χ0v) is 10.1. The molecule has 1 aliphatic heterocycles. The lowest BCUT2D eigenvalue weighted by Crippen LogP contribution is -2.60. The molecule has 16 heavy (non-hydrogen) atoms. The van der Waals surface area contributed by atoms with Gasteiger partial charge in [-0.3, -0.25) is 0 Å². The molecule has 0 aromatic rings. The average Bonchev–Trinajstić information content (AvgIpc) is 2.30. The Hall–Kier alpha value is -0.240. The van der Waals surface area contributed by atoms with Gasteiger partial charge in [0.2, 0.25) is 0 Å². The fourth-order valence-corrected chi connectivity index (χ4v) is 1.94. The molecule has 0 bridgehead atoms. The molecule has 0 aliphatic carbocycles. The van der Waals surface area contributed by atoms with Crippen LogP contribution < -0.4 is 0 Å². The Labute approximate surface area is 95.4 Å². The molecule has 0 unspecified atom stereocenters. The van der Waals surface area contributed by atoms with Crippen LogP contribution in [-0.4, -0.2) is 70.9 Å². The first kappa shape index (κ1) is 13.8. The summed E-state index contributed by atoms with van der Waals surface area (Å²) in [7, 11) is 6.10. The standard InChI is InChI=1S/C10H20O6/c1-12-5-6-8(13-2)9(14-3)7(11)10(15-4)16-6/h6-11H,5H2,1-4H3/t6-,7-,8+,9-,10-/m1/s1. The van der Waals surface area contributed by atoms with E-state index in [1.807, 2.05) is 0 Å². The smallest absolute Gasteiger partial charge is 0.186 e. The van der Waals surface area contributed by atoms with Gasteiger partial charge < -0.3 is 28.8 Å². The van der Waals surface area contributed by atoms with Crippen molar-refractivity contribution in [2.75, 3.05) is 35.0 Å². The van der Waals surface area contributed by atoms with E-state index < -0.39 is 18.5 Å². The molecular formula is C10H20O6. The third-order valence-corrected chi connectivity index (χ3v) is 2.72. The van der Waals surface area contributed by atoms with Crippen molar-refractivity contribution in [2.24, 2.45) is 0 Å². The van der Waals surface area contributed by atoms with E-state index in [-0.39, 0.29) is 12.2 Å². The average molecular weight is 236 g/mol. The predicted molar refractivity (Wildman–Crippen MR) is 55.1 cm³/mol. The highest BCUT2D eigenvalue weighted by Crippen LogP contribution is 2.25. The quantitative estimate of drug-likeness (QED) is 0.687. The third kappa shape index (κ3) is 2.71.